The fourth-order valence-corrected chi connectivity index (χ4v) is 7.02. The molecule has 2 nitrogen and oxygen atoms in total. The van der Waals surface area contributed by atoms with E-state index < -0.39 is 0 Å². The third-order valence-corrected chi connectivity index (χ3v) is 8.43. The Kier molecular flexibility index (Phi) is 3.10. The Morgan fingerprint density at radius 3 is 2.52 bits per heavy atom. The van der Waals surface area contributed by atoms with Gasteiger partial charge in [0.2, 0.25) is 0 Å². The van der Waals surface area contributed by atoms with Gasteiger partial charge < -0.3 is 5.11 Å². The van der Waals surface area contributed by atoms with Gasteiger partial charge in [0.25, 0.3) is 0 Å². The van der Waals surface area contributed by atoms with Gasteiger partial charge in [-0.3, -0.25) is 4.79 Å². The van der Waals surface area contributed by atoms with E-state index >= 15 is 0 Å². The molecule has 3 unspecified atom stereocenters. The molecule has 4 rings (SSSR count). The van der Waals surface area contributed by atoms with E-state index in [1.165, 1.54) is 32.1 Å². The van der Waals surface area contributed by atoms with Crippen LogP contribution in [0.1, 0.15) is 71.6 Å². The Labute approximate surface area is 128 Å². The molecule has 0 aliphatic heterocycles. The minimum Gasteiger partial charge on any atom is -0.393 e. The molecular formula is C19H30O2. The molecule has 0 amide bonds. The fraction of sp³-hybridized carbons (Fsp3) is 0.947. The van der Waals surface area contributed by atoms with E-state index in [2.05, 4.69) is 13.8 Å². The quantitative estimate of drug-likeness (QED) is 0.733. The number of Topliss-reactive ketones (excluding diaryl/α,β-unsaturated/α-hetero) is 1. The lowest BCUT2D eigenvalue weighted by molar-refractivity contribution is -0.141. The largest absolute Gasteiger partial charge is 0.393 e. The highest BCUT2D eigenvalue weighted by molar-refractivity contribution is 5.79. The Hall–Kier alpha value is -0.370. The minimum absolute atomic E-state index is 0.0677. The average Bonchev–Trinajstić information content (AvgIpc) is 2.76. The maximum absolute atomic E-state index is 11.9. The van der Waals surface area contributed by atoms with Crippen molar-refractivity contribution < 1.29 is 9.90 Å². The molecule has 0 radical (unpaired) electrons. The van der Waals surface area contributed by atoms with Crippen molar-refractivity contribution in [1.29, 1.82) is 0 Å². The molecule has 4 aliphatic rings. The van der Waals surface area contributed by atoms with E-state index in [0.717, 1.165) is 43.4 Å². The summed E-state index contributed by atoms with van der Waals surface area (Å²) in [6.45, 7) is 4.85. The van der Waals surface area contributed by atoms with Crippen molar-refractivity contribution in [2.75, 3.05) is 0 Å². The predicted octanol–water partition coefficient (Wildman–Crippen LogP) is 3.96. The molecule has 7 atom stereocenters. The molecule has 1 N–H and O–H groups in total. The van der Waals surface area contributed by atoms with Crippen LogP contribution in [0, 0.1) is 34.5 Å². The highest BCUT2D eigenvalue weighted by Gasteiger charge is 2.59. The zero-order valence-electron chi connectivity index (χ0n) is 13.6. The maximum Gasteiger partial charge on any atom is 0.133 e. The van der Waals surface area contributed by atoms with Crippen LogP contribution in [0.5, 0.6) is 0 Å². The van der Waals surface area contributed by atoms with Gasteiger partial charge in [-0.1, -0.05) is 13.8 Å². The maximum atomic E-state index is 11.9. The minimum atomic E-state index is -0.0677. The van der Waals surface area contributed by atoms with Crippen LogP contribution in [0.3, 0.4) is 0 Å². The number of hydrogen-bond donors (Lipinski definition) is 1. The number of aliphatic hydroxyl groups is 1. The van der Waals surface area contributed by atoms with E-state index in [-0.39, 0.29) is 11.5 Å². The van der Waals surface area contributed by atoms with Crippen LogP contribution in [0.15, 0.2) is 0 Å². The highest BCUT2D eigenvalue weighted by Crippen LogP contribution is 2.65. The first kappa shape index (κ1) is 14.2. The lowest BCUT2D eigenvalue weighted by Crippen LogP contribution is -2.54. The summed E-state index contributed by atoms with van der Waals surface area (Å²) >= 11 is 0. The number of carbonyl (C=O) groups excluding carboxylic acids is 1. The molecular weight excluding hydrogens is 260 g/mol. The van der Waals surface area contributed by atoms with Gasteiger partial charge in [0.15, 0.2) is 0 Å². The van der Waals surface area contributed by atoms with Crippen molar-refractivity contribution in [3.05, 3.63) is 0 Å². The van der Waals surface area contributed by atoms with Crippen molar-refractivity contribution in [2.45, 2.75) is 77.7 Å². The molecule has 0 spiro atoms. The summed E-state index contributed by atoms with van der Waals surface area (Å²) in [5, 5.41) is 10.5. The normalized spacial score (nSPS) is 56.5. The first-order valence-electron chi connectivity index (χ1n) is 9.15. The molecule has 4 saturated carbocycles. The predicted molar refractivity (Wildman–Crippen MR) is 82.7 cm³/mol. The topological polar surface area (TPSA) is 37.3 Å². The number of aliphatic hydroxyl groups excluding tert-OH is 1. The van der Waals surface area contributed by atoms with Crippen molar-refractivity contribution in [1.82, 2.24) is 0 Å². The van der Waals surface area contributed by atoms with Crippen LogP contribution in [-0.4, -0.2) is 17.0 Å². The number of hydrogen-bond acceptors (Lipinski definition) is 2. The average molecular weight is 290 g/mol. The summed E-state index contributed by atoms with van der Waals surface area (Å²) in [7, 11) is 0. The second-order valence-corrected chi connectivity index (χ2v) is 9.04. The van der Waals surface area contributed by atoms with Crippen LogP contribution in [0.2, 0.25) is 0 Å². The van der Waals surface area contributed by atoms with E-state index in [1.807, 2.05) is 0 Å². The van der Waals surface area contributed by atoms with Crippen LogP contribution in [0.4, 0.5) is 0 Å². The SMILES string of the molecule is C[C@]12CCC3C(CC[C@@H]4CC(=O)CC[C@]34C)C1CC[C@H]2O. The molecule has 118 valence electrons. The summed E-state index contributed by atoms with van der Waals surface area (Å²) < 4.78 is 0. The smallest absolute Gasteiger partial charge is 0.133 e. The van der Waals surface area contributed by atoms with Crippen LogP contribution in [0.25, 0.3) is 0 Å². The van der Waals surface area contributed by atoms with E-state index in [4.69, 9.17) is 0 Å². The van der Waals surface area contributed by atoms with Gasteiger partial charge in [0.05, 0.1) is 6.10 Å². The number of carbonyl (C=O) groups is 1. The molecule has 0 heterocycles. The van der Waals surface area contributed by atoms with Gasteiger partial charge in [0.1, 0.15) is 5.78 Å². The van der Waals surface area contributed by atoms with Gasteiger partial charge in [-0.25, -0.2) is 0 Å². The van der Waals surface area contributed by atoms with Gasteiger partial charge >= 0.3 is 0 Å². The molecule has 2 heteroatoms. The van der Waals surface area contributed by atoms with Crippen molar-refractivity contribution in [3.8, 4) is 0 Å². The second kappa shape index (κ2) is 4.57. The first-order valence-corrected chi connectivity index (χ1v) is 9.15. The summed E-state index contributed by atoms with van der Waals surface area (Å²) in [5.41, 5.74) is 0.598. The highest BCUT2D eigenvalue weighted by atomic mass is 16.3. The van der Waals surface area contributed by atoms with Gasteiger partial charge in [-0.05, 0) is 79.4 Å². The summed E-state index contributed by atoms with van der Waals surface area (Å²) in [6.07, 6.45) is 10.0. The summed E-state index contributed by atoms with van der Waals surface area (Å²) in [4.78, 5) is 11.9. The molecule has 0 saturated heterocycles. The molecule has 21 heavy (non-hydrogen) atoms. The Balaban J connectivity index is 1.64. The Morgan fingerprint density at radius 2 is 1.71 bits per heavy atom. The lowest BCUT2D eigenvalue weighted by atomic mass is 9.45. The third kappa shape index (κ3) is 1.84. The van der Waals surface area contributed by atoms with Gasteiger partial charge in [-0.15, -0.1) is 0 Å². The Morgan fingerprint density at radius 1 is 0.952 bits per heavy atom. The molecule has 4 aliphatic carbocycles. The lowest BCUT2D eigenvalue weighted by Gasteiger charge is -2.60. The second-order valence-electron chi connectivity index (χ2n) is 9.04. The first-order chi connectivity index (χ1) is 9.95. The van der Waals surface area contributed by atoms with E-state index in [0.29, 0.717) is 17.1 Å². The zero-order valence-corrected chi connectivity index (χ0v) is 13.6. The molecule has 0 aromatic rings. The Bertz CT molecular complexity index is 458. The summed E-state index contributed by atoms with van der Waals surface area (Å²) in [5.74, 6) is 3.52. The monoisotopic (exact) mass is 290 g/mol. The van der Waals surface area contributed by atoms with Crippen LogP contribution < -0.4 is 0 Å². The molecule has 4 fully saturated rings. The van der Waals surface area contributed by atoms with Crippen LogP contribution >= 0.6 is 0 Å². The van der Waals surface area contributed by atoms with Crippen molar-refractivity contribution >= 4 is 5.78 Å². The van der Waals surface area contributed by atoms with Gasteiger partial charge in [-0.2, -0.15) is 0 Å². The number of rotatable bonds is 0. The third-order valence-electron chi connectivity index (χ3n) is 8.43. The fourth-order valence-electron chi connectivity index (χ4n) is 7.02. The van der Waals surface area contributed by atoms with Crippen LogP contribution in [-0.2, 0) is 4.79 Å². The van der Waals surface area contributed by atoms with Crippen molar-refractivity contribution in [3.63, 3.8) is 0 Å². The van der Waals surface area contributed by atoms with Crippen molar-refractivity contribution in [2.24, 2.45) is 34.5 Å². The number of fused-ring (bicyclic) bond motifs is 5. The number of ketones is 1. The standard InChI is InChI=1S/C19H30O2/c1-18-9-7-13(20)11-12(18)3-4-14-15-5-6-17(21)19(15,2)10-8-16(14)18/h12,14-17,21H,3-11H2,1-2H3/t12-,14?,15?,16?,17-,18+,19+/m1/s1. The van der Waals surface area contributed by atoms with E-state index in [1.54, 1.807) is 0 Å². The molecule has 0 aromatic carbocycles. The zero-order chi connectivity index (χ0) is 14.8. The van der Waals surface area contributed by atoms with Gasteiger partial charge in [0, 0.05) is 12.8 Å². The van der Waals surface area contributed by atoms with E-state index in [9.17, 15) is 9.90 Å². The molecule has 0 aromatic heterocycles. The molecule has 0 bridgehead atoms. The summed E-state index contributed by atoms with van der Waals surface area (Å²) in [6, 6.07) is 0.